The molecule has 1 N–H and O–H groups in total. The highest BCUT2D eigenvalue weighted by atomic mass is 16.2. The van der Waals surface area contributed by atoms with E-state index >= 15 is 0 Å². The molecule has 2 unspecified atom stereocenters. The molecule has 1 saturated carbocycles. The van der Waals surface area contributed by atoms with Gasteiger partial charge in [0.2, 0.25) is 0 Å². The van der Waals surface area contributed by atoms with Gasteiger partial charge in [-0.25, -0.2) is 9.80 Å². The number of hydrazone groups is 1. The molecule has 3 aliphatic rings. The van der Waals surface area contributed by atoms with Gasteiger partial charge in [-0.15, -0.1) is 0 Å². The van der Waals surface area contributed by atoms with Gasteiger partial charge in [0, 0.05) is 5.92 Å². The molecule has 4 amide bonds. The SMILES string of the molecule is O=C1CNC(=O)N1CC(=O)N1N=C2/C(=C\c3ccccc3)CCCC2C1c1ccccc1. The number of allylic oxidation sites excluding steroid dienone is 1. The Morgan fingerprint density at radius 1 is 1.06 bits per heavy atom. The molecule has 162 valence electrons. The van der Waals surface area contributed by atoms with Gasteiger partial charge in [-0.3, -0.25) is 14.5 Å². The number of carbonyl (C=O) groups is 3. The highest BCUT2D eigenvalue weighted by Crippen LogP contribution is 2.44. The summed E-state index contributed by atoms with van der Waals surface area (Å²) in [6.45, 7) is -0.384. The summed E-state index contributed by atoms with van der Waals surface area (Å²) in [7, 11) is 0. The highest BCUT2D eigenvalue weighted by molar-refractivity contribution is 6.09. The minimum absolute atomic E-state index is 0.0741. The average Bonchev–Trinajstić information content (AvgIpc) is 3.36. The molecular weight excluding hydrogens is 404 g/mol. The van der Waals surface area contributed by atoms with Gasteiger partial charge in [0.25, 0.3) is 11.8 Å². The molecule has 0 radical (unpaired) electrons. The standard InChI is InChI=1S/C25H24N4O3/c30-21-15-26-25(32)28(21)16-22(31)29-24(18-10-5-2-6-11-18)20-13-7-12-19(23(20)27-29)14-17-8-3-1-4-9-17/h1-6,8-11,14,20,24H,7,12-13,15-16H2,(H,26,32)/b19-14-. The number of rotatable bonds is 4. The normalized spacial score (nSPS) is 23.9. The number of hydrogen-bond donors (Lipinski definition) is 1. The Hall–Kier alpha value is -3.74. The van der Waals surface area contributed by atoms with E-state index in [1.54, 1.807) is 0 Å². The van der Waals surface area contributed by atoms with Crippen molar-refractivity contribution in [3.8, 4) is 0 Å². The Balaban J connectivity index is 1.50. The summed E-state index contributed by atoms with van der Waals surface area (Å²) in [5, 5.41) is 8.76. The number of urea groups is 1. The fourth-order valence-electron chi connectivity index (χ4n) is 4.76. The Labute approximate surface area is 186 Å². The van der Waals surface area contributed by atoms with Crippen LogP contribution < -0.4 is 5.32 Å². The van der Waals surface area contributed by atoms with Crippen LogP contribution in [0.25, 0.3) is 6.08 Å². The summed E-state index contributed by atoms with van der Waals surface area (Å²) in [5.74, 6) is -0.674. The summed E-state index contributed by atoms with van der Waals surface area (Å²) >= 11 is 0. The summed E-state index contributed by atoms with van der Waals surface area (Å²) in [6.07, 6.45) is 5.00. The molecule has 5 rings (SSSR count). The van der Waals surface area contributed by atoms with Crippen LogP contribution in [-0.2, 0) is 9.59 Å². The monoisotopic (exact) mass is 428 g/mol. The predicted octanol–water partition coefficient (Wildman–Crippen LogP) is 3.36. The fourth-order valence-corrected chi connectivity index (χ4v) is 4.76. The van der Waals surface area contributed by atoms with E-state index in [2.05, 4.69) is 23.5 Å². The molecule has 2 fully saturated rings. The summed E-state index contributed by atoms with van der Waals surface area (Å²) in [4.78, 5) is 38.3. The van der Waals surface area contributed by atoms with Crippen LogP contribution >= 0.6 is 0 Å². The minimum Gasteiger partial charge on any atom is -0.329 e. The maximum Gasteiger partial charge on any atom is 0.325 e. The van der Waals surface area contributed by atoms with Crippen LogP contribution in [0.1, 0.15) is 36.4 Å². The molecule has 7 heteroatoms. The van der Waals surface area contributed by atoms with Gasteiger partial charge in [0.1, 0.15) is 6.54 Å². The van der Waals surface area contributed by atoms with Crippen LogP contribution in [0.2, 0.25) is 0 Å². The van der Waals surface area contributed by atoms with Gasteiger partial charge in [-0.05, 0) is 42.0 Å². The van der Waals surface area contributed by atoms with E-state index in [1.807, 2.05) is 48.5 Å². The van der Waals surface area contributed by atoms with Crippen LogP contribution in [0.3, 0.4) is 0 Å². The third-order valence-electron chi connectivity index (χ3n) is 6.27. The van der Waals surface area contributed by atoms with E-state index in [1.165, 1.54) is 5.01 Å². The largest absolute Gasteiger partial charge is 0.329 e. The zero-order chi connectivity index (χ0) is 22.1. The number of fused-ring (bicyclic) bond motifs is 1. The van der Waals surface area contributed by atoms with Gasteiger partial charge in [-0.1, -0.05) is 60.7 Å². The first-order chi connectivity index (χ1) is 15.6. The molecule has 32 heavy (non-hydrogen) atoms. The van der Waals surface area contributed by atoms with Crippen molar-refractivity contribution in [3.05, 3.63) is 77.4 Å². The maximum absolute atomic E-state index is 13.3. The lowest BCUT2D eigenvalue weighted by Gasteiger charge is -2.30. The smallest absolute Gasteiger partial charge is 0.325 e. The maximum atomic E-state index is 13.3. The third kappa shape index (κ3) is 3.70. The Kier molecular flexibility index (Phi) is 5.31. The van der Waals surface area contributed by atoms with Gasteiger partial charge in [0.05, 0.1) is 18.3 Å². The van der Waals surface area contributed by atoms with Crippen molar-refractivity contribution in [2.75, 3.05) is 13.1 Å². The number of hydrogen-bond acceptors (Lipinski definition) is 4. The van der Waals surface area contributed by atoms with E-state index < -0.39 is 11.9 Å². The lowest BCUT2D eigenvalue weighted by molar-refractivity contribution is -0.138. The molecule has 2 atom stereocenters. The van der Waals surface area contributed by atoms with Crippen molar-refractivity contribution in [1.82, 2.24) is 15.2 Å². The number of amides is 4. The second-order valence-electron chi connectivity index (χ2n) is 8.30. The number of carbonyl (C=O) groups excluding carboxylic acids is 3. The van der Waals surface area contributed by atoms with E-state index in [9.17, 15) is 14.4 Å². The molecule has 2 heterocycles. The molecule has 1 saturated heterocycles. The van der Waals surface area contributed by atoms with Gasteiger partial charge in [-0.2, -0.15) is 5.10 Å². The predicted molar refractivity (Wildman–Crippen MR) is 120 cm³/mol. The van der Waals surface area contributed by atoms with Gasteiger partial charge < -0.3 is 5.32 Å². The lowest BCUT2D eigenvalue weighted by Crippen LogP contribution is -2.42. The number of imide groups is 1. The Morgan fingerprint density at radius 3 is 2.47 bits per heavy atom. The number of nitrogens with one attached hydrogen (secondary N) is 1. The molecule has 7 nitrogen and oxygen atoms in total. The average molecular weight is 428 g/mol. The van der Waals surface area contributed by atoms with Crippen molar-refractivity contribution in [2.45, 2.75) is 25.3 Å². The highest BCUT2D eigenvalue weighted by Gasteiger charge is 2.44. The zero-order valence-corrected chi connectivity index (χ0v) is 17.6. The molecule has 0 spiro atoms. The van der Waals surface area contributed by atoms with Crippen molar-refractivity contribution >= 4 is 29.6 Å². The van der Waals surface area contributed by atoms with Crippen molar-refractivity contribution < 1.29 is 14.4 Å². The molecule has 2 aliphatic heterocycles. The minimum atomic E-state index is -0.534. The quantitative estimate of drug-likeness (QED) is 0.758. The summed E-state index contributed by atoms with van der Waals surface area (Å²) in [6, 6.07) is 19.2. The second-order valence-corrected chi connectivity index (χ2v) is 8.30. The van der Waals surface area contributed by atoms with Crippen LogP contribution in [0.5, 0.6) is 0 Å². The summed E-state index contributed by atoms with van der Waals surface area (Å²) < 4.78 is 0. The Morgan fingerprint density at radius 2 is 1.78 bits per heavy atom. The number of benzene rings is 2. The first-order valence-corrected chi connectivity index (χ1v) is 10.9. The first kappa shape index (κ1) is 20.2. The van der Waals surface area contributed by atoms with E-state index in [0.29, 0.717) is 0 Å². The summed E-state index contributed by atoms with van der Waals surface area (Å²) in [5.41, 5.74) is 4.17. The molecular formula is C25H24N4O3. The molecule has 2 aromatic carbocycles. The molecule has 0 bridgehead atoms. The number of nitrogens with zero attached hydrogens (tertiary/aromatic N) is 3. The third-order valence-corrected chi connectivity index (χ3v) is 6.27. The molecule has 1 aliphatic carbocycles. The lowest BCUT2D eigenvalue weighted by atomic mass is 9.77. The molecule has 2 aromatic rings. The second kappa shape index (κ2) is 8.42. The van der Waals surface area contributed by atoms with Crippen molar-refractivity contribution in [3.63, 3.8) is 0 Å². The van der Waals surface area contributed by atoms with Gasteiger partial charge >= 0.3 is 6.03 Å². The van der Waals surface area contributed by atoms with E-state index in [-0.39, 0.29) is 31.0 Å². The van der Waals surface area contributed by atoms with E-state index in [0.717, 1.165) is 46.6 Å². The van der Waals surface area contributed by atoms with Crippen molar-refractivity contribution in [2.24, 2.45) is 11.0 Å². The van der Waals surface area contributed by atoms with Crippen molar-refractivity contribution in [1.29, 1.82) is 0 Å². The van der Waals surface area contributed by atoms with Gasteiger partial charge in [0.15, 0.2) is 0 Å². The Bertz CT molecular complexity index is 1090. The topological polar surface area (TPSA) is 82.1 Å². The molecule has 0 aromatic heterocycles. The van der Waals surface area contributed by atoms with Crippen LogP contribution in [0, 0.1) is 5.92 Å². The fraction of sp³-hybridized carbons (Fsp3) is 0.280. The van der Waals surface area contributed by atoms with Crippen LogP contribution in [-0.4, -0.2) is 46.6 Å². The first-order valence-electron chi connectivity index (χ1n) is 10.9. The van der Waals surface area contributed by atoms with E-state index in [4.69, 9.17) is 5.10 Å². The zero-order valence-electron chi connectivity index (χ0n) is 17.6. The van der Waals surface area contributed by atoms with Crippen LogP contribution in [0.4, 0.5) is 4.79 Å². The van der Waals surface area contributed by atoms with Crippen LogP contribution in [0.15, 0.2) is 71.3 Å².